The molecular formula is C19H15Cl2FN2. The van der Waals surface area contributed by atoms with Crippen LogP contribution in [0.1, 0.15) is 17.0 Å². The maximum Gasteiger partial charge on any atom is 0.123 e. The zero-order valence-corrected chi connectivity index (χ0v) is 14.7. The molecule has 2 aromatic carbocycles. The lowest BCUT2D eigenvalue weighted by Gasteiger charge is -2.09. The second-order valence-electron chi connectivity index (χ2n) is 5.49. The van der Waals surface area contributed by atoms with E-state index >= 15 is 0 Å². The Kier molecular flexibility index (Phi) is 4.74. The predicted molar refractivity (Wildman–Crippen MR) is 98.9 cm³/mol. The van der Waals surface area contributed by atoms with Gasteiger partial charge in [-0.1, -0.05) is 23.2 Å². The lowest BCUT2D eigenvalue weighted by Crippen LogP contribution is -1.99. The summed E-state index contributed by atoms with van der Waals surface area (Å²) in [5.41, 5.74) is 4.61. The first-order valence-corrected chi connectivity index (χ1v) is 8.15. The maximum absolute atomic E-state index is 13.1. The number of aromatic nitrogens is 1. The summed E-state index contributed by atoms with van der Waals surface area (Å²) in [7, 11) is 0. The van der Waals surface area contributed by atoms with Crippen LogP contribution in [0.3, 0.4) is 0 Å². The highest BCUT2D eigenvalue weighted by atomic mass is 35.5. The smallest absolute Gasteiger partial charge is 0.123 e. The molecule has 3 rings (SSSR count). The number of halogens is 3. The third-order valence-corrected chi connectivity index (χ3v) is 4.35. The number of hydrogen-bond acceptors (Lipinski definition) is 1. The van der Waals surface area contributed by atoms with E-state index in [-0.39, 0.29) is 5.82 Å². The van der Waals surface area contributed by atoms with Crippen molar-refractivity contribution in [2.75, 3.05) is 0 Å². The first-order chi connectivity index (χ1) is 11.5. The minimum absolute atomic E-state index is 0.250. The average Bonchev–Trinajstić information content (AvgIpc) is 2.82. The quantitative estimate of drug-likeness (QED) is 0.488. The zero-order valence-electron chi connectivity index (χ0n) is 13.2. The van der Waals surface area contributed by atoms with E-state index in [1.54, 1.807) is 36.5 Å². The summed E-state index contributed by atoms with van der Waals surface area (Å²) >= 11 is 12.0. The van der Waals surface area contributed by atoms with E-state index in [9.17, 15) is 4.39 Å². The Bertz CT molecular complexity index is 912. The molecule has 0 saturated heterocycles. The topological polar surface area (TPSA) is 17.3 Å². The Balaban J connectivity index is 1.97. The molecule has 24 heavy (non-hydrogen) atoms. The lowest BCUT2D eigenvalue weighted by molar-refractivity contribution is 0.627. The number of aliphatic imine (C=N–C) groups is 1. The minimum atomic E-state index is -0.250. The number of aryl methyl sites for hydroxylation is 1. The van der Waals surface area contributed by atoms with Crippen molar-refractivity contribution in [1.82, 2.24) is 4.57 Å². The molecule has 0 N–H and O–H groups in total. The molecule has 0 atom stereocenters. The second kappa shape index (κ2) is 6.80. The Morgan fingerprint density at radius 3 is 2.38 bits per heavy atom. The minimum Gasteiger partial charge on any atom is -0.318 e. The zero-order chi connectivity index (χ0) is 17.3. The van der Waals surface area contributed by atoms with Crippen molar-refractivity contribution in [3.8, 4) is 5.69 Å². The molecule has 122 valence electrons. The number of benzene rings is 2. The number of nitrogens with zero attached hydrogens (tertiary/aromatic N) is 2. The maximum atomic E-state index is 13.1. The average molecular weight is 361 g/mol. The van der Waals surface area contributed by atoms with Gasteiger partial charge in [-0.2, -0.15) is 0 Å². The molecule has 0 saturated carbocycles. The summed E-state index contributed by atoms with van der Waals surface area (Å²) in [4.78, 5) is 4.45. The molecule has 0 bridgehead atoms. The fourth-order valence-electron chi connectivity index (χ4n) is 2.63. The van der Waals surface area contributed by atoms with Crippen LogP contribution < -0.4 is 0 Å². The Morgan fingerprint density at radius 1 is 1.00 bits per heavy atom. The van der Waals surface area contributed by atoms with Crippen LogP contribution in [0.15, 0.2) is 53.5 Å². The Morgan fingerprint density at radius 2 is 1.71 bits per heavy atom. The highest BCUT2D eigenvalue weighted by Gasteiger charge is 2.09. The van der Waals surface area contributed by atoms with Crippen molar-refractivity contribution in [2.24, 2.45) is 4.99 Å². The first-order valence-electron chi connectivity index (χ1n) is 7.39. The van der Waals surface area contributed by atoms with Gasteiger partial charge in [-0.25, -0.2) is 4.39 Å². The van der Waals surface area contributed by atoms with E-state index in [2.05, 4.69) is 9.56 Å². The predicted octanol–water partition coefficient (Wildman–Crippen LogP) is 6.29. The van der Waals surface area contributed by atoms with E-state index in [0.717, 1.165) is 22.6 Å². The van der Waals surface area contributed by atoms with Crippen LogP contribution in [0.4, 0.5) is 10.1 Å². The van der Waals surface area contributed by atoms with Crippen LogP contribution in [0, 0.1) is 19.7 Å². The van der Waals surface area contributed by atoms with E-state index in [4.69, 9.17) is 23.2 Å². The van der Waals surface area contributed by atoms with Crippen LogP contribution >= 0.6 is 23.2 Å². The van der Waals surface area contributed by atoms with Gasteiger partial charge in [-0.05, 0) is 62.4 Å². The second-order valence-corrected chi connectivity index (χ2v) is 6.34. The largest absolute Gasteiger partial charge is 0.318 e. The standard InChI is InChI=1S/C19H15Cl2FN2/c1-12-9-14(11-23-19-8-3-15(20)10-18(19)21)13(2)24(12)17-6-4-16(22)5-7-17/h3-11H,1-2H3. The van der Waals surface area contributed by atoms with Gasteiger partial charge in [0.1, 0.15) is 5.82 Å². The SMILES string of the molecule is Cc1cc(C=Nc2ccc(Cl)cc2Cl)c(C)n1-c1ccc(F)cc1. The molecule has 0 spiro atoms. The summed E-state index contributed by atoms with van der Waals surface area (Å²) in [6, 6.07) is 13.6. The van der Waals surface area contributed by atoms with Crippen molar-refractivity contribution in [2.45, 2.75) is 13.8 Å². The van der Waals surface area contributed by atoms with E-state index in [1.807, 2.05) is 19.9 Å². The van der Waals surface area contributed by atoms with Crippen molar-refractivity contribution < 1.29 is 4.39 Å². The summed E-state index contributed by atoms with van der Waals surface area (Å²) in [5, 5.41) is 1.08. The van der Waals surface area contributed by atoms with Gasteiger partial charge >= 0.3 is 0 Å². The van der Waals surface area contributed by atoms with Crippen molar-refractivity contribution >= 4 is 35.1 Å². The van der Waals surface area contributed by atoms with Gasteiger partial charge in [0.05, 0.1) is 10.7 Å². The van der Waals surface area contributed by atoms with Gasteiger partial charge in [0.2, 0.25) is 0 Å². The molecule has 0 aliphatic heterocycles. The van der Waals surface area contributed by atoms with Crippen LogP contribution in [0.25, 0.3) is 5.69 Å². The third-order valence-electron chi connectivity index (χ3n) is 3.81. The molecule has 1 aromatic heterocycles. The van der Waals surface area contributed by atoms with Crippen LogP contribution in [-0.2, 0) is 0 Å². The normalized spacial score (nSPS) is 11.4. The lowest BCUT2D eigenvalue weighted by atomic mass is 10.2. The van der Waals surface area contributed by atoms with Crippen LogP contribution in [0.5, 0.6) is 0 Å². The summed E-state index contributed by atoms with van der Waals surface area (Å²) in [6.07, 6.45) is 1.78. The van der Waals surface area contributed by atoms with E-state index in [1.165, 1.54) is 12.1 Å². The molecule has 0 aliphatic rings. The molecule has 0 radical (unpaired) electrons. The molecule has 0 amide bonds. The van der Waals surface area contributed by atoms with Crippen molar-refractivity contribution in [3.63, 3.8) is 0 Å². The molecular weight excluding hydrogens is 346 g/mol. The fraction of sp³-hybridized carbons (Fsp3) is 0.105. The first kappa shape index (κ1) is 16.7. The van der Waals surface area contributed by atoms with Gasteiger partial charge < -0.3 is 4.57 Å². The van der Waals surface area contributed by atoms with E-state index < -0.39 is 0 Å². The van der Waals surface area contributed by atoms with Gasteiger partial charge in [-0.3, -0.25) is 4.99 Å². The van der Waals surface area contributed by atoms with Crippen molar-refractivity contribution in [1.29, 1.82) is 0 Å². The van der Waals surface area contributed by atoms with Gasteiger partial charge in [0.15, 0.2) is 0 Å². The molecule has 0 unspecified atom stereocenters. The highest BCUT2D eigenvalue weighted by molar-refractivity contribution is 6.36. The molecule has 2 nitrogen and oxygen atoms in total. The van der Waals surface area contributed by atoms with Crippen LogP contribution in [-0.4, -0.2) is 10.8 Å². The monoisotopic (exact) mass is 360 g/mol. The molecule has 0 aliphatic carbocycles. The fourth-order valence-corrected chi connectivity index (χ4v) is 3.09. The Labute approximate surface area is 150 Å². The van der Waals surface area contributed by atoms with Gasteiger partial charge in [0.25, 0.3) is 0 Å². The van der Waals surface area contributed by atoms with Gasteiger partial charge in [-0.15, -0.1) is 0 Å². The van der Waals surface area contributed by atoms with Crippen molar-refractivity contribution in [3.05, 3.63) is 81.3 Å². The number of rotatable bonds is 3. The molecule has 5 heteroatoms. The van der Waals surface area contributed by atoms with Crippen LogP contribution in [0.2, 0.25) is 10.0 Å². The molecule has 1 heterocycles. The van der Waals surface area contributed by atoms with Gasteiger partial charge in [0, 0.05) is 33.9 Å². The highest BCUT2D eigenvalue weighted by Crippen LogP contribution is 2.28. The third kappa shape index (κ3) is 3.37. The summed E-state index contributed by atoms with van der Waals surface area (Å²) in [6.45, 7) is 4.00. The molecule has 0 fully saturated rings. The Hall–Kier alpha value is -2.10. The number of hydrogen-bond donors (Lipinski definition) is 0. The van der Waals surface area contributed by atoms with E-state index in [0.29, 0.717) is 15.7 Å². The summed E-state index contributed by atoms with van der Waals surface area (Å²) in [5.74, 6) is -0.250. The summed E-state index contributed by atoms with van der Waals surface area (Å²) < 4.78 is 15.2. The molecule has 3 aromatic rings.